The number of amides is 2. The first-order valence-electron chi connectivity index (χ1n) is 9.02. The molecule has 0 bridgehead atoms. The van der Waals surface area contributed by atoms with Crippen LogP contribution >= 0.6 is 0 Å². The van der Waals surface area contributed by atoms with Crippen molar-refractivity contribution in [1.29, 1.82) is 0 Å². The zero-order valence-corrected chi connectivity index (χ0v) is 15.9. The maximum Gasteiger partial charge on any atom is 0.257 e. The smallest absolute Gasteiger partial charge is 0.257 e. The molecule has 0 N–H and O–H groups in total. The highest BCUT2D eigenvalue weighted by Crippen LogP contribution is 2.24. The zero-order valence-electron chi connectivity index (χ0n) is 15.9. The second-order valence-corrected chi connectivity index (χ2v) is 7.09. The minimum atomic E-state index is 0.0120. The fraction of sp³-hybridized carbons (Fsp3) is 0.450. The summed E-state index contributed by atoms with van der Waals surface area (Å²) in [5.74, 6) is 0.183. The Labute approximate surface area is 154 Å². The lowest BCUT2D eigenvalue weighted by Gasteiger charge is -2.32. The van der Waals surface area contributed by atoms with Crippen molar-refractivity contribution in [3.63, 3.8) is 0 Å². The lowest BCUT2D eigenvalue weighted by Crippen LogP contribution is -2.43. The molecule has 0 unspecified atom stereocenters. The average molecular weight is 354 g/mol. The Hall–Kier alpha value is -2.63. The van der Waals surface area contributed by atoms with Gasteiger partial charge in [-0.3, -0.25) is 9.59 Å². The van der Waals surface area contributed by atoms with E-state index >= 15 is 0 Å². The molecular formula is C20H26N4O2. The molecule has 1 aliphatic heterocycles. The highest BCUT2D eigenvalue weighted by Gasteiger charge is 2.31. The van der Waals surface area contributed by atoms with E-state index in [0.717, 1.165) is 17.1 Å². The normalized spacial score (nSPS) is 15.2. The Balaban J connectivity index is 1.77. The third-order valence-corrected chi connectivity index (χ3v) is 5.08. The van der Waals surface area contributed by atoms with Gasteiger partial charge in [0.15, 0.2) is 0 Å². The van der Waals surface area contributed by atoms with Crippen molar-refractivity contribution in [1.82, 2.24) is 19.6 Å². The van der Waals surface area contributed by atoms with Crippen molar-refractivity contribution in [2.24, 2.45) is 5.92 Å². The Kier molecular flexibility index (Phi) is 5.11. The number of nitrogens with zero attached hydrogens (tertiary/aromatic N) is 4. The molecule has 0 radical (unpaired) electrons. The lowest BCUT2D eigenvalue weighted by atomic mass is 9.95. The second kappa shape index (κ2) is 7.32. The molecular weight excluding hydrogens is 328 g/mol. The van der Waals surface area contributed by atoms with Crippen molar-refractivity contribution >= 4 is 11.8 Å². The van der Waals surface area contributed by atoms with Gasteiger partial charge in [0.05, 0.1) is 22.6 Å². The molecule has 2 heterocycles. The van der Waals surface area contributed by atoms with Crippen LogP contribution in [-0.4, -0.2) is 58.6 Å². The van der Waals surface area contributed by atoms with Crippen LogP contribution in [0, 0.1) is 19.8 Å². The fourth-order valence-electron chi connectivity index (χ4n) is 3.63. The van der Waals surface area contributed by atoms with Crippen LogP contribution in [0.2, 0.25) is 0 Å². The first-order valence-corrected chi connectivity index (χ1v) is 9.02. The Morgan fingerprint density at radius 2 is 1.69 bits per heavy atom. The first kappa shape index (κ1) is 18.2. The van der Waals surface area contributed by atoms with Crippen LogP contribution in [0.4, 0.5) is 0 Å². The largest absolute Gasteiger partial charge is 0.349 e. The minimum absolute atomic E-state index is 0.0120. The Bertz CT molecular complexity index is 803. The number of piperidine rings is 1. The zero-order chi connectivity index (χ0) is 18.8. The summed E-state index contributed by atoms with van der Waals surface area (Å²) < 4.78 is 1.82. The van der Waals surface area contributed by atoms with E-state index in [1.54, 1.807) is 19.0 Å². The molecule has 2 amide bonds. The summed E-state index contributed by atoms with van der Waals surface area (Å²) in [6.07, 6.45) is 1.43. The number of carbonyl (C=O) groups is 2. The number of hydrogen-bond acceptors (Lipinski definition) is 3. The number of aromatic nitrogens is 2. The molecule has 1 saturated heterocycles. The highest BCUT2D eigenvalue weighted by molar-refractivity contribution is 5.96. The van der Waals surface area contributed by atoms with Gasteiger partial charge in [-0.1, -0.05) is 18.2 Å². The summed E-state index contributed by atoms with van der Waals surface area (Å²) in [7, 11) is 3.56. The lowest BCUT2D eigenvalue weighted by molar-refractivity contribution is -0.134. The first-order chi connectivity index (χ1) is 12.4. The van der Waals surface area contributed by atoms with Crippen LogP contribution in [0.25, 0.3) is 5.69 Å². The SMILES string of the molecule is Cc1nn(-c2ccccc2)c(C)c1C(=O)N1CCC(C(=O)N(C)C)CC1. The van der Waals surface area contributed by atoms with E-state index in [0.29, 0.717) is 31.5 Å². The fourth-order valence-corrected chi connectivity index (χ4v) is 3.63. The third kappa shape index (κ3) is 3.36. The van der Waals surface area contributed by atoms with Gasteiger partial charge in [0.1, 0.15) is 0 Å². The summed E-state index contributed by atoms with van der Waals surface area (Å²) in [5, 5.41) is 4.57. The van der Waals surface area contributed by atoms with E-state index in [1.165, 1.54) is 0 Å². The molecule has 3 rings (SSSR count). The molecule has 1 aromatic carbocycles. The van der Waals surface area contributed by atoms with Gasteiger partial charge in [-0.2, -0.15) is 5.10 Å². The quantitative estimate of drug-likeness (QED) is 0.851. The predicted molar refractivity (Wildman–Crippen MR) is 100 cm³/mol. The van der Waals surface area contributed by atoms with Gasteiger partial charge in [-0.15, -0.1) is 0 Å². The topological polar surface area (TPSA) is 58.4 Å². The number of para-hydroxylation sites is 1. The van der Waals surface area contributed by atoms with Crippen molar-refractivity contribution in [2.45, 2.75) is 26.7 Å². The number of aryl methyl sites for hydroxylation is 1. The van der Waals surface area contributed by atoms with Crippen molar-refractivity contribution in [2.75, 3.05) is 27.2 Å². The van der Waals surface area contributed by atoms with Crippen LogP contribution in [0.3, 0.4) is 0 Å². The van der Waals surface area contributed by atoms with Gasteiger partial charge in [-0.05, 0) is 38.8 Å². The van der Waals surface area contributed by atoms with E-state index in [4.69, 9.17) is 0 Å². The maximum atomic E-state index is 13.1. The number of likely N-dealkylation sites (tertiary alicyclic amines) is 1. The monoisotopic (exact) mass is 354 g/mol. The van der Waals surface area contributed by atoms with Crippen molar-refractivity contribution < 1.29 is 9.59 Å². The summed E-state index contributed by atoms with van der Waals surface area (Å²) in [4.78, 5) is 28.7. The molecule has 138 valence electrons. The molecule has 1 fully saturated rings. The third-order valence-electron chi connectivity index (χ3n) is 5.08. The van der Waals surface area contributed by atoms with Crippen LogP contribution in [0.15, 0.2) is 30.3 Å². The van der Waals surface area contributed by atoms with Gasteiger partial charge in [0, 0.05) is 33.1 Å². The number of hydrogen-bond donors (Lipinski definition) is 0. The molecule has 6 heteroatoms. The van der Waals surface area contributed by atoms with Gasteiger partial charge in [0.25, 0.3) is 5.91 Å². The standard InChI is InChI=1S/C20H26N4O2/c1-14-18(15(2)24(21-14)17-8-6-5-7-9-17)20(26)23-12-10-16(11-13-23)19(25)22(3)4/h5-9,16H,10-13H2,1-4H3. The van der Waals surface area contributed by atoms with E-state index in [1.807, 2.05) is 53.8 Å². The van der Waals surface area contributed by atoms with E-state index in [9.17, 15) is 9.59 Å². The highest BCUT2D eigenvalue weighted by atomic mass is 16.2. The van der Waals surface area contributed by atoms with E-state index in [-0.39, 0.29) is 17.7 Å². The van der Waals surface area contributed by atoms with Crippen LogP contribution in [-0.2, 0) is 4.79 Å². The number of benzene rings is 1. The molecule has 0 spiro atoms. The molecule has 6 nitrogen and oxygen atoms in total. The summed E-state index contributed by atoms with van der Waals surface area (Å²) >= 11 is 0. The predicted octanol–water partition coefficient (Wildman–Crippen LogP) is 2.43. The molecule has 1 aromatic heterocycles. The summed E-state index contributed by atoms with van der Waals surface area (Å²) in [5.41, 5.74) is 3.21. The Morgan fingerprint density at radius 1 is 1.08 bits per heavy atom. The summed E-state index contributed by atoms with van der Waals surface area (Å²) in [6.45, 7) is 5.03. The van der Waals surface area contributed by atoms with Gasteiger partial charge >= 0.3 is 0 Å². The van der Waals surface area contributed by atoms with Gasteiger partial charge < -0.3 is 9.80 Å². The van der Waals surface area contributed by atoms with E-state index < -0.39 is 0 Å². The molecule has 0 aliphatic carbocycles. The number of carbonyl (C=O) groups excluding carboxylic acids is 2. The molecule has 2 aromatic rings. The van der Waals surface area contributed by atoms with Crippen LogP contribution < -0.4 is 0 Å². The minimum Gasteiger partial charge on any atom is -0.349 e. The second-order valence-electron chi connectivity index (χ2n) is 7.09. The molecule has 26 heavy (non-hydrogen) atoms. The molecule has 0 atom stereocenters. The molecule has 0 saturated carbocycles. The van der Waals surface area contributed by atoms with E-state index in [2.05, 4.69) is 5.10 Å². The maximum absolute atomic E-state index is 13.1. The Morgan fingerprint density at radius 3 is 2.27 bits per heavy atom. The van der Waals surface area contributed by atoms with Crippen LogP contribution in [0.1, 0.15) is 34.6 Å². The van der Waals surface area contributed by atoms with Gasteiger partial charge in [-0.25, -0.2) is 4.68 Å². The number of rotatable bonds is 3. The van der Waals surface area contributed by atoms with Crippen LogP contribution in [0.5, 0.6) is 0 Å². The summed E-state index contributed by atoms with van der Waals surface area (Å²) in [6, 6.07) is 9.83. The van der Waals surface area contributed by atoms with Gasteiger partial charge in [0.2, 0.25) is 5.91 Å². The average Bonchev–Trinajstić information content (AvgIpc) is 2.95. The van der Waals surface area contributed by atoms with Crippen molar-refractivity contribution in [3.05, 3.63) is 47.3 Å². The van der Waals surface area contributed by atoms with Crippen molar-refractivity contribution in [3.8, 4) is 5.69 Å². The molecule has 1 aliphatic rings.